The molecule has 2 amide bonds. The summed E-state index contributed by atoms with van der Waals surface area (Å²) in [6.07, 6.45) is 3.73. The molecule has 0 radical (unpaired) electrons. The van der Waals surface area contributed by atoms with E-state index in [0.717, 1.165) is 12.8 Å². The SMILES string of the molecule is O=C(CNC(=O)c1ccco1)NC1(C(=O)O)CCCC1. The van der Waals surface area contributed by atoms with Crippen LogP contribution in [0, 0.1) is 0 Å². The van der Waals surface area contributed by atoms with Crippen molar-refractivity contribution in [2.75, 3.05) is 6.54 Å². The Morgan fingerprint density at radius 3 is 2.55 bits per heavy atom. The van der Waals surface area contributed by atoms with E-state index in [0.29, 0.717) is 12.8 Å². The third-order valence-corrected chi connectivity index (χ3v) is 3.40. The molecule has 1 aliphatic carbocycles. The summed E-state index contributed by atoms with van der Waals surface area (Å²) < 4.78 is 4.88. The van der Waals surface area contributed by atoms with Crippen molar-refractivity contribution in [3.63, 3.8) is 0 Å². The third kappa shape index (κ3) is 2.98. The topological polar surface area (TPSA) is 109 Å². The number of rotatable bonds is 5. The standard InChI is InChI=1S/C13H16N2O5/c16-10(8-14-11(17)9-4-3-7-20-9)15-13(12(18)19)5-1-2-6-13/h3-4,7H,1-2,5-6,8H2,(H,14,17)(H,15,16)(H,18,19). The maximum Gasteiger partial charge on any atom is 0.329 e. The van der Waals surface area contributed by atoms with Gasteiger partial charge in [0.15, 0.2) is 5.76 Å². The van der Waals surface area contributed by atoms with Crippen molar-refractivity contribution < 1.29 is 23.9 Å². The van der Waals surface area contributed by atoms with E-state index in [1.807, 2.05) is 0 Å². The van der Waals surface area contributed by atoms with Crippen molar-refractivity contribution in [3.8, 4) is 0 Å². The van der Waals surface area contributed by atoms with E-state index in [4.69, 9.17) is 4.42 Å². The van der Waals surface area contributed by atoms with Crippen molar-refractivity contribution in [2.24, 2.45) is 0 Å². The third-order valence-electron chi connectivity index (χ3n) is 3.40. The minimum absolute atomic E-state index is 0.103. The number of hydrogen-bond acceptors (Lipinski definition) is 4. The van der Waals surface area contributed by atoms with Crippen LogP contribution < -0.4 is 10.6 Å². The van der Waals surface area contributed by atoms with Crippen LogP contribution in [-0.4, -0.2) is 35.0 Å². The Labute approximate surface area is 115 Å². The first-order valence-corrected chi connectivity index (χ1v) is 6.40. The van der Waals surface area contributed by atoms with E-state index < -0.39 is 23.3 Å². The zero-order valence-electron chi connectivity index (χ0n) is 10.8. The summed E-state index contributed by atoms with van der Waals surface area (Å²) in [5.41, 5.74) is -1.19. The molecule has 0 spiro atoms. The van der Waals surface area contributed by atoms with Gasteiger partial charge in [-0.25, -0.2) is 4.79 Å². The largest absolute Gasteiger partial charge is 0.480 e. The lowest BCUT2D eigenvalue weighted by Crippen LogP contribution is -2.54. The highest BCUT2D eigenvalue weighted by atomic mass is 16.4. The van der Waals surface area contributed by atoms with Crippen LogP contribution in [0.15, 0.2) is 22.8 Å². The molecule has 20 heavy (non-hydrogen) atoms. The van der Waals surface area contributed by atoms with Gasteiger partial charge in [-0.05, 0) is 25.0 Å². The lowest BCUT2D eigenvalue weighted by atomic mass is 9.98. The molecule has 0 aromatic carbocycles. The molecule has 0 atom stereocenters. The molecule has 1 saturated carbocycles. The van der Waals surface area contributed by atoms with Gasteiger partial charge in [0.05, 0.1) is 12.8 Å². The Bertz CT molecular complexity index is 503. The van der Waals surface area contributed by atoms with Gasteiger partial charge in [0.25, 0.3) is 5.91 Å². The average Bonchev–Trinajstić information content (AvgIpc) is 3.07. The van der Waals surface area contributed by atoms with Gasteiger partial charge in [0.1, 0.15) is 5.54 Å². The Balaban J connectivity index is 1.86. The summed E-state index contributed by atoms with van der Waals surface area (Å²) >= 11 is 0. The molecule has 1 aromatic rings. The normalized spacial score (nSPS) is 16.6. The fraction of sp³-hybridized carbons (Fsp3) is 0.462. The van der Waals surface area contributed by atoms with E-state index in [2.05, 4.69) is 10.6 Å². The molecule has 108 valence electrons. The van der Waals surface area contributed by atoms with Crippen LogP contribution in [0.2, 0.25) is 0 Å². The summed E-state index contributed by atoms with van der Waals surface area (Å²) in [4.78, 5) is 34.6. The zero-order chi connectivity index (χ0) is 14.6. The first-order chi connectivity index (χ1) is 9.53. The Morgan fingerprint density at radius 1 is 1.30 bits per heavy atom. The first-order valence-electron chi connectivity index (χ1n) is 6.40. The summed E-state index contributed by atoms with van der Waals surface area (Å²) in [6.45, 7) is -0.283. The highest BCUT2D eigenvalue weighted by Gasteiger charge is 2.42. The van der Waals surface area contributed by atoms with Gasteiger partial charge in [-0.1, -0.05) is 12.8 Å². The van der Waals surface area contributed by atoms with E-state index in [1.165, 1.54) is 12.3 Å². The molecule has 0 aliphatic heterocycles. The first kappa shape index (κ1) is 14.1. The number of carbonyl (C=O) groups excluding carboxylic acids is 2. The smallest absolute Gasteiger partial charge is 0.329 e. The predicted molar refractivity (Wildman–Crippen MR) is 68.0 cm³/mol. The molecular weight excluding hydrogens is 264 g/mol. The van der Waals surface area contributed by atoms with Crippen LogP contribution in [0.4, 0.5) is 0 Å². The summed E-state index contributed by atoms with van der Waals surface area (Å²) in [7, 11) is 0. The maximum atomic E-state index is 11.8. The lowest BCUT2D eigenvalue weighted by Gasteiger charge is -2.25. The van der Waals surface area contributed by atoms with Crippen molar-refractivity contribution in [1.29, 1.82) is 0 Å². The molecule has 2 rings (SSSR count). The minimum atomic E-state index is -1.19. The summed E-state index contributed by atoms with van der Waals surface area (Å²) in [5, 5.41) is 14.1. The second kappa shape index (κ2) is 5.77. The van der Waals surface area contributed by atoms with Crippen LogP contribution in [0.3, 0.4) is 0 Å². The second-order valence-corrected chi connectivity index (χ2v) is 4.80. The van der Waals surface area contributed by atoms with Gasteiger partial charge in [-0.15, -0.1) is 0 Å². The molecule has 3 N–H and O–H groups in total. The molecule has 1 heterocycles. The van der Waals surface area contributed by atoms with Gasteiger partial charge >= 0.3 is 5.97 Å². The lowest BCUT2D eigenvalue weighted by molar-refractivity contribution is -0.147. The molecule has 0 unspecified atom stereocenters. The molecule has 7 heteroatoms. The number of amides is 2. The zero-order valence-corrected chi connectivity index (χ0v) is 10.8. The van der Waals surface area contributed by atoms with Crippen molar-refractivity contribution in [3.05, 3.63) is 24.2 Å². The Hall–Kier alpha value is -2.31. The van der Waals surface area contributed by atoms with Crippen molar-refractivity contribution in [2.45, 2.75) is 31.2 Å². The number of nitrogens with one attached hydrogen (secondary N) is 2. The van der Waals surface area contributed by atoms with Gasteiger partial charge in [-0.3, -0.25) is 9.59 Å². The maximum absolute atomic E-state index is 11.8. The highest BCUT2D eigenvalue weighted by molar-refractivity contribution is 5.95. The molecular formula is C13H16N2O5. The summed E-state index contributed by atoms with van der Waals surface area (Å²) in [5.74, 6) is -1.96. The second-order valence-electron chi connectivity index (χ2n) is 4.80. The molecule has 1 fully saturated rings. The quantitative estimate of drug-likeness (QED) is 0.728. The van der Waals surface area contributed by atoms with Gasteiger partial charge in [0.2, 0.25) is 5.91 Å². The highest BCUT2D eigenvalue weighted by Crippen LogP contribution is 2.29. The fourth-order valence-electron chi connectivity index (χ4n) is 2.34. The number of carboxylic acid groups (broad SMARTS) is 1. The van der Waals surface area contributed by atoms with E-state index >= 15 is 0 Å². The Morgan fingerprint density at radius 2 is 2.00 bits per heavy atom. The molecule has 0 saturated heterocycles. The van der Waals surface area contributed by atoms with Crippen LogP contribution in [0.5, 0.6) is 0 Å². The molecule has 0 bridgehead atoms. The van der Waals surface area contributed by atoms with Crippen molar-refractivity contribution in [1.82, 2.24) is 10.6 Å². The predicted octanol–water partition coefficient (Wildman–Crippen LogP) is 0.523. The average molecular weight is 280 g/mol. The number of carboxylic acids is 1. The Kier molecular flexibility index (Phi) is 4.07. The van der Waals surface area contributed by atoms with E-state index in [1.54, 1.807) is 6.07 Å². The van der Waals surface area contributed by atoms with Crippen LogP contribution in [0.1, 0.15) is 36.2 Å². The number of carbonyl (C=O) groups is 3. The molecule has 7 nitrogen and oxygen atoms in total. The van der Waals surface area contributed by atoms with Crippen LogP contribution >= 0.6 is 0 Å². The molecule has 1 aromatic heterocycles. The van der Waals surface area contributed by atoms with E-state index in [-0.39, 0.29) is 12.3 Å². The van der Waals surface area contributed by atoms with E-state index in [9.17, 15) is 19.5 Å². The fourth-order valence-corrected chi connectivity index (χ4v) is 2.34. The van der Waals surface area contributed by atoms with Gasteiger partial charge in [0, 0.05) is 0 Å². The minimum Gasteiger partial charge on any atom is -0.480 e. The van der Waals surface area contributed by atoms with Crippen LogP contribution in [-0.2, 0) is 9.59 Å². The summed E-state index contributed by atoms with van der Waals surface area (Å²) in [6, 6.07) is 3.04. The monoisotopic (exact) mass is 280 g/mol. The van der Waals surface area contributed by atoms with Gasteiger partial charge in [-0.2, -0.15) is 0 Å². The number of aliphatic carboxylic acids is 1. The molecule has 1 aliphatic rings. The van der Waals surface area contributed by atoms with Crippen LogP contribution in [0.25, 0.3) is 0 Å². The number of hydrogen-bond donors (Lipinski definition) is 3. The number of furan rings is 1. The van der Waals surface area contributed by atoms with Gasteiger partial charge < -0.3 is 20.2 Å². The van der Waals surface area contributed by atoms with Crippen molar-refractivity contribution >= 4 is 17.8 Å².